The van der Waals surface area contributed by atoms with Crippen LogP contribution in [0.3, 0.4) is 0 Å². The number of aromatic nitrogens is 3. The lowest BCUT2D eigenvalue weighted by Gasteiger charge is -2.35. The topological polar surface area (TPSA) is 95.9 Å². The Morgan fingerprint density at radius 1 is 1.13 bits per heavy atom. The van der Waals surface area contributed by atoms with E-state index in [-0.39, 0.29) is 58.4 Å². The number of fused-ring (bicyclic) bond motifs is 4. The molecule has 0 aliphatic carbocycles. The van der Waals surface area contributed by atoms with Crippen molar-refractivity contribution >= 4 is 39.3 Å². The summed E-state index contributed by atoms with van der Waals surface area (Å²) in [5, 5.41) is 13.7. The minimum atomic E-state index is -4.87. The van der Waals surface area contributed by atoms with Crippen LogP contribution in [0.25, 0.3) is 32.9 Å². The van der Waals surface area contributed by atoms with Crippen LogP contribution in [-0.2, 0) is 0 Å². The Morgan fingerprint density at radius 3 is 2.81 bits per heavy atom. The molecule has 248 valence electrons. The summed E-state index contributed by atoms with van der Waals surface area (Å²) in [4.78, 5) is 16.8. The number of hydrogen-bond donors (Lipinski definition) is 2. The van der Waals surface area contributed by atoms with Gasteiger partial charge in [0.15, 0.2) is 5.82 Å². The maximum absolute atomic E-state index is 16.9. The number of ether oxygens (including phenoxy) is 2. The molecule has 2 aromatic carbocycles. The summed E-state index contributed by atoms with van der Waals surface area (Å²) >= 11 is -0.678. The fraction of sp³-hybridized carbons (Fsp3) is 0.452. The van der Waals surface area contributed by atoms with Gasteiger partial charge in [0, 0.05) is 43.5 Å². The number of benzene rings is 2. The van der Waals surface area contributed by atoms with Gasteiger partial charge in [-0.05, 0) is 54.7 Å². The van der Waals surface area contributed by atoms with Crippen molar-refractivity contribution in [2.45, 2.75) is 47.4 Å². The largest absolute Gasteiger partial charge is 0.508 e. The van der Waals surface area contributed by atoms with Gasteiger partial charge in [-0.15, -0.1) is 0 Å². The summed E-state index contributed by atoms with van der Waals surface area (Å²) in [5.74, 6) is -2.36. The van der Waals surface area contributed by atoms with Crippen LogP contribution in [0.15, 0.2) is 29.2 Å². The summed E-state index contributed by atoms with van der Waals surface area (Å²) in [7, 11) is 0. The van der Waals surface area contributed by atoms with Crippen molar-refractivity contribution in [1.29, 1.82) is 0 Å². The van der Waals surface area contributed by atoms with Crippen LogP contribution in [0.4, 0.5) is 32.2 Å². The standard InChI is InChI=1S/C31H28F6N6O3S/c32-16-10-30(4-1-6-42(30)12-16)14-46-29-40-25-22-27(41-29)43-7-5-38-11-17(43)13-45-28(22)39-24(23(25)34)19-9-18(44)8-15-2-3-20(33)26(21(15)19)47-31(35,36)37/h2-3,8-9,16-17,38,44H,1,4-7,10-14H2/t16-,17+,30+/m1/s1. The highest BCUT2D eigenvalue weighted by molar-refractivity contribution is 8.00. The van der Waals surface area contributed by atoms with E-state index in [1.165, 1.54) is 6.07 Å². The van der Waals surface area contributed by atoms with Gasteiger partial charge < -0.3 is 24.8 Å². The highest BCUT2D eigenvalue weighted by atomic mass is 32.2. The smallest absolute Gasteiger partial charge is 0.446 e. The van der Waals surface area contributed by atoms with E-state index in [1.54, 1.807) is 0 Å². The van der Waals surface area contributed by atoms with Crippen molar-refractivity contribution in [3.63, 3.8) is 0 Å². The number of nitrogens with one attached hydrogen (secondary N) is 1. The molecule has 0 amide bonds. The van der Waals surface area contributed by atoms with Crippen molar-refractivity contribution in [3.8, 4) is 28.9 Å². The molecular formula is C31H28F6N6O3S. The van der Waals surface area contributed by atoms with Crippen LogP contribution >= 0.6 is 11.8 Å². The van der Waals surface area contributed by atoms with E-state index in [2.05, 4.69) is 25.2 Å². The molecule has 0 saturated carbocycles. The van der Waals surface area contributed by atoms with E-state index in [0.29, 0.717) is 38.4 Å². The van der Waals surface area contributed by atoms with Crippen molar-refractivity contribution in [2.24, 2.45) is 0 Å². The van der Waals surface area contributed by atoms with Gasteiger partial charge in [-0.25, -0.2) is 18.2 Å². The van der Waals surface area contributed by atoms with E-state index in [4.69, 9.17) is 9.47 Å². The van der Waals surface area contributed by atoms with Gasteiger partial charge in [-0.3, -0.25) is 4.90 Å². The summed E-state index contributed by atoms with van der Waals surface area (Å²) in [6.45, 7) is 2.89. The molecule has 16 heteroatoms. The molecule has 9 nitrogen and oxygen atoms in total. The minimum absolute atomic E-state index is 0.0416. The van der Waals surface area contributed by atoms with Gasteiger partial charge in [0.25, 0.3) is 0 Å². The van der Waals surface area contributed by atoms with Crippen LogP contribution in [-0.4, -0.2) is 94.2 Å². The average Bonchev–Trinajstić information content (AvgIpc) is 3.50. The average molecular weight is 679 g/mol. The summed E-state index contributed by atoms with van der Waals surface area (Å²) in [5.41, 5.74) is -6.44. The third-order valence-electron chi connectivity index (χ3n) is 9.46. The number of nitrogens with zero attached hydrogens (tertiary/aromatic N) is 5. The number of pyridine rings is 1. The van der Waals surface area contributed by atoms with Crippen LogP contribution in [0.1, 0.15) is 19.3 Å². The lowest BCUT2D eigenvalue weighted by molar-refractivity contribution is -0.0328. The second-order valence-corrected chi connectivity index (χ2v) is 13.5. The molecule has 6 heterocycles. The van der Waals surface area contributed by atoms with E-state index in [1.807, 2.05) is 4.90 Å². The Labute approximate surface area is 268 Å². The highest BCUT2D eigenvalue weighted by Crippen LogP contribution is 2.48. The van der Waals surface area contributed by atoms with Crippen molar-refractivity contribution in [3.05, 3.63) is 35.9 Å². The van der Waals surface area contributed by atoms with Crippen LogP contribution in [0.2, 0.25) is 0 Å². The molecule has 3 fully saturated rings. The Kier molecular flexibility index (Phi) is 7.26. The zero-order valence-corrected chi connectivity index (χ0v) is 25.5. The van der Waals surface area contributed by atoms with Gasteiger partial charge in [-0.2, -0.15) is 23.1 Å². The van der Waals surface area contributed by atoms with Gasteiger partial charge in [-0.1, -0.05) is 6.07 Å². The molecule has 47 heavy (non-hydrogen) atoms. The number of halogens is 6. The third-order valence-corrected chi connectivity index (χ3v) is 10.3. The monoisotopic (exact) mass is 678 g/mol. The zero-order chi connectivity index (χ0) is 32.7. The van der Waals surface area contributed by atoms with Crippen molar-refractivity contribution in [1.82, 2.24) is 25.2 Å². The van der Waals surface area contributed by atoms with E-state index >= 15 is 8.78 Å². The second kappa shape index (κ2) is 11.2. The molecule has 0 radical (unpaired) electrons. The summed E-state index contributed by atoms with van der Waals surface area (Å²) in [6, 6.07) is 3.87. The number of phenolic OH excluding ortho intramolecular Hbond substituents is 1. The first-order valence-corrected chi connectivity index (χ1v) is 16.1. The number of thioether (sulfide) groups is 1. The zero-order valence-electron chi connectivity index (χ0n) is 24.7. The van der Waals surface area contributed by atoms with E-state index < -0.39 is 57.0 Å². The maximum Gasteiger partial charge on any atom is 0.446 e. The molecule has 3 saturated heterocycles. The fourth-order valence-corrected chi connectivity index (χ4v) is 8.19. The Bertz CT molecular complexity index is 1920. The SMILES string of the molecule is Oc1cc(-c2nc3c4c(nc(OC[C@@]56CCCN5C[C@H](F)C6)nc4c2F)N2CCNC[C@H]2CO3)c2c(SC(F)(F)F)c(F)ccc2c1. The molecule has 4 aliphatic heterocycles. The maximum atomic E-state index is 16.9. The number of alkyl halides is 4. The molecule has 4 aliphatic rings. The fourth-order valence-electron chi connectivity index (χ4n) is 7.46. The molecule has 3 atom stereocenters. The number of anilines is 1. The first kappa shape index (κ1) is 30.6. The molecule has 0 bridgehead atoms. The quantitative estimate of drug-likeness (QED) is 0.206. The predicted octanol–water partition coefficient (Wildman–Crippen LogP) is 5.57. The van der Waals surface area contributed by atoms with Gasteiger partial charge in [0.05, 0.1) is 16.5 Å². The molecule has 0 spiro atoms. The molecular weight excluding hydrogens is 650 g/mol. The van der Waals surface area contributed by atoms with Crippen molar-refractivity contribution < 1.29 is 40.9 Å². The minimum Gasteiger partial charge on any atom is -0.508 e. The second-order valence-electron chi connectivity index (χ2n) is 12.4. The number of aromatic hydroxyl groups is 1. The summed E-state index contributed by atoms with van der Waals surface area (Å²) < 4.78 is 99.4. The Hall–Kier alpha value is -3.76. The third kappa shape index (κ3) is 5.24. The van der Waals surface area contributed by atoms with Crippen LogP contribution < -0.4 is 19.7 Å². The predicted molar refractivity (Wildman–Crippen MR) is 162 cm³/mol. The number of rotatable bonds is 5. The number of piperazine rings is 1. The van der Waals surface area contributed by atoms with Crippen LogP contribution in [0, 0.1) is 11.6 Å². The molecule has 2 aromatic heterocycles. The highest BCUT2D eigenvalue weighted by Gasteiger charge is 2.49. The Balaban J connectivity index is 1.33. The number of phenols is 1. The molecule has 0 unspecified atom stereocenters. The lowest BCUT2D eigenvalue weighted by Crippen LogP contribution is -2.53. The van der Waals surface area contributed by atoms with Crippen LogP contribution in [0.5, 0.6) is 17.6 Å². The first-order valence-electron chi connectivity index (χ1n) is 15.2. The Morgan fingerprint density at radius 2 is 1.98 bits per heavy atom. The number of hydrogen-bond acceptors (Lipinski definition) is 10. The van der Waals surface area contributed by atoms with Crippen molar-refractivity contribution in [2.75, 3.05) is 50.8 Å². The molecule has 4 aromatic rings. The van der Waals surface area contributed by atoms with Gasteiger partial charge in [0.1, 0.15) is 53.4 Å². The lowest BCUT2D eigenvalue weighted by atomic mass is 9.95. The molecule has 8 rings (SSSR count). The normalized spacial score (nSPS) is 24.3. The van der Waals surface area contributed by atoms with E-state index in [9.17, 15) is 22.7 Å². The van der Waals surface area contributed by atoms with Gasteiger partial charge in [0.2, 0.25) is 5.88 Å². The van der Waals surface area contributed by atoms with Gasteiger partial charge >= 0.3 is 11.5 Å². The first-order chi connectivity index (χ1) is 22.5. The molecule has 2 N–H and O–H groups in total. The van der Waals surface area contributed by atoms with E-state index in [0.717, 1.165) is 37.6 Å². The summed E-state index contributed by atoms with van der Waals surface area (Å²) in [6.07, 6.45) is 0.927.